The summed E-state index contributed by atoms with van der Waals surface area (Å²) in [6, 6.07) is 8.95. The number of benzene rings is 1. The SMILES string of the molecule is Cl.Cl.Cl.N[C@H](c1ccc(Cl)c(Cl)c1)[C@H](O)c1ccc(-c2cncc(F)c2)cn1. The van der Waals surface area contributed by atoms with Gasteiger partial charge < -0.3 is 10.8 Å². The average Bonchev–Trinajstić information content (AvgIpc) is 2.63. The lowest BCUT2D eigenvalue weighted by Gasteiger charge is -2.19. The second-order valence-corrected chi connectivity index (χ2v) is 6.32. The van der Waals surface area contributed by atoms with Gasteiger partial charge in [-0.25, -0.2) is 4.39 Å². The summed E-state index contributed by atoms with van der Waals surface area (Å²) in [5, 5.41) is 11.3. The number of aromatic nitrogens is 2. The van der Waals surface area contributed by atoms with Crippen molar-refractivity contribution in [1.29, 1.82) is 0 Å². The van der Waals surface area contributed by atoms with E-state index in [1.165, 1.54) is 18.5 Å². The van der Waals surface area contributed by atoms with E-state index >= 15 is 0 Å². The summed E-state index contributed by atoms with van der Waals surface area (Å²) in [6.07, 6.45) is 3.18. The number of hydrogen-bond donors (Lipinski definition) is 2. The second kappa shape index (κ2) is 11.7. The molecule has 28 heavy (non-hydrogen) atoms. The van der Waals surface area contributed by atoms with Crippen LogP contribution in [0.5, 0.6) is 0 Å². The van der Waals surface area contributed by atoms with Gasteiger partial charge in [0, 0.05) is 23.5 Å². The lowest BCUT2D eigenvalue weighted by Crippen LogP contribution is -2.20. The van der Waals surface area contributed by atoms with Crippen molar-refractivity contribution in [2.24, 2.45) is 5.73 Å². The van der Waals surface area contributed by atoms with E-state index in [2.05, 4.69) is 9.97 Å². The van der Waals surface area contributed by atoms with Crippen molar-refractivity contribution >= 4 is 60.4 Å². The van der Waals surface area contributed by atoms with E-state index in [-0.39, 0.29) is 37.2 Å². The molecule has 0 saturated carbocycles. The molecule has 3 N–H and O–H groups in total. The van der Waals surface area contributed by atoms with E-state index in [1.807, 2.05) is 0 Å². The van der Waals surface area contributed by atoms with Gasteiger partial charge in [0.15, 0.2) is 0 Å². The van der Waals surface area contributed by atoms with Crippen molar-refractivity contribution in [3.05, 3.63) is 82.1 Å². The molecule has 1 aromatic carbocycles. The monoisotopic (exact) mass is 485 g/mol. The first-order chi connectivity index (χ1) is 12.0. The van der Waals surface area contributed by atoms with Gasteiger partial charge >= 0.3 is 0 Å². The summed E-state index contributed by atoms with van der Waals surface area (Å²) < 4.78 is 13.3. The molecule has 0 bridgehead atoms. The Balaban J connectivity index is 0.00000243. The first-order valence-electron chi connectivity index (χ1n) is 7.41. The van der Waals surface area contributed by atoms with E-state index in [4.69, 9.17) is 28.9 Å². The lowest BCUT2D eigenvalue weighted by molar-refractivity contribution is 0.142. The van der Waals surface area contributed by atoms with Crippen LogP contribution in [0.4, 0.5) is 4.39 Å². The van der Waals surface area contributed by atoms with E-state index in [9.17, 15) is 9.50 Å². The van der Waals surface area contributed by atoms with Crippen LogP contribution in [0.2, 0.25) is 10.0 Å². The largest absolute Gasteiger partial charge is 0.385 e. The first-order valence-corrected chi connectivity index (χ1v) is 8.17. The van der Waals surface area contributed by atoms with Gasteiger partial charge in [-0.15, -0.1) is 37.2 Å². The van der Waals surface area contributed by atoms with Crippen molar-refractivity contribution < 1.29 is 9.50 Å². The number of pyridine rings is 2. The maximum atomic E-state index is 13.3. The van der Waals surface area contributed by atoms with Gasteiger partial charge in [-0.05, 0) is 29.8 Å². The average molecular weight is 488 g/mol. The summed E-state index contributed by atoms with van der Waals surface area (Å²) in [5.74, 6) is -0.428. The summed E-state index contributed by atoms with van der Waals surface area (Å²) in [6.45, 7) is 0. The number of aliphatic hydroxyl groups is 1. The molecule has 0 unspecified atom stereocenters. The van der Waals surface area contributed by atoms with Crippen LogP contribution >= 0.6 is 60.4 Å². The van der Waals surface area contributed by atoms with Crippen molar-refractivity contribution in [3.63, 3.8) is 0 Å². The van der Waals surface area contributed by atoms with Gasteiger partial charge in [-0.1, -0.05) is 35.3 Å². The molecule has 2 aromatic heterocycles. The van der Waals surface area contributed by atoms with Crippen LogP contribution in [0.25, 0.3) is 11.1 Å². The Bertz CT molecular complexity index is 899. The molecule has 152 valence electrons. The van der Waals surface area contributed by atoms with Crippen LogP contribution in [0, 0.1) is 5.82 Å². The smallest absolute Gasteiger partial charge is 0.142 e. The highest BCUT2D eigenvalue weighted by atomic mass is 35.5. The number of nitrogens with zero attached hydrogens (tertiary/aromatic N) is 2. The van der Waals surface area contributed by atoms with Crippen LogP contribution in [-0.2, 0) is 0 Å². The topological polar surface area (TPSA) is 72.0 Å². The minimum absolute atomic E-state index is 0. The third kappa shape index (κ3) is 6.16. The van der Waals surface area contributed by atoms with Crippen LogP contribution in [0.3, 0.4) is 0 Å². The Hall–Kier alpha value is -1.18. The minimum Gasteiger partial charge on any atom is -0.385 e. The maximum absolute atomic E-state index is 13.3. The standard InChI is InChI=1S/C18H14Cl2FN3O.3ClH/c19-14-3-1-10(6-15(14)20)17(22)18(25)16-4-2-11(8-24-16)12-5-13(21)9-23-7-12;;;/h1-9,17-18,25H,22H2;3*1H/t17-,18-;;;/m1.../s1. The second-order valence-electron chi connectivity index (χ2n) is 5.51. The van der Waals surface area contributed by atoms with E-state index in [1.54, 1.807) is 30.3 Å². The van der Waals surface area contributed by atoms with Gasteiger partial charge in [0.05, 0.1) is 28.0 Å². The van der Waals surface area contributed by atoms with Crippen LogP contribution < -0.4 is 5.73 Å². The lowest BCUT2D eigenvalue weighted by atomic mass is 9.99. The number of aliphatic hydroxyl groups excluding tert-OH is 1. The number of halogens is 6. The van der Waals surface area contributed by atoms with Crippen LogP contribution in [0.15, 0.2) is 55.0 Å². The summed E-state index contributed by atoms with van der Waals surface area (Å²) >= 11 is 11.9. The minimum atomic E-state index is -1.03. The van der Waals surface area contributed by atoms with E-state index in [0.29, 0.717) is 32.4 Å². The summed E-state index contributed by atoms with van der Waals surface area (Å²) in [7, 11) is 0. The fourth-order valence-electron chi connectivity index (χ4n) is 2.41. The molecule has 4 nitrogen and oxygen atoms in total. The fourth-order valence-corrected chi connectivity index (χ4v) is 2.71. The fraction of sp³-hybridized carbons (Fsp3) is 0.111. The molecular formula is C18H17Cl5FN3O. The normalized spacial score (nSPS) is 12.0. The number of rotatable bonds is 4. The van der Waals surface area contributed by atoms with Crippen molar-refractivity contribution in [1.82, 2.24) is 9.97 Å². The Morgan fingerprint density at radius 3 is 2.18 bits per heavy atom. The molecule has 0 aliphatic heterocycles. The molecule has 10 heteroatoms. The zero-order chi connectivity index (χ0) is 18.0. The first kappa shape index (κ1) is 26.8. The van der Waals surface area contributed by atoms with Gasteiger partial charge in [-0.2, -0.15) is 0 Å². The third-order valence-corrected chi connectivity index (χ3v) is 4.54. The van der Waals surface area contributed by atoms with Gasteiger partial charge in [0.25, 0.3) is 0 Å². The number of hydrogen-bond acceptors (Lipinski definition) is 4. The van der Waals surface area contributed by atoms with Crippen molar-refractivity contribution in [3.8, 4) is 11.1 Å². The Labute approximate surface area is 190 Å². The quantitative estimate of drug-likeness (QED) is 0.503. The molecule has 3 aromatic rings. The van der Waals surface area contributed by atoms with E-state index in [0.717, 1.165) is 6.20 Å². The molecular weight excluding hydrogens is 470 g/mol. The third-order valence-electron chi connectivity index (χ3n) is 3.80. The highest BCUT2D eigenvalue weighted by molar-refractivity contribution is 6.42. The Kier molecular flexibility index (Phi) is 11.2. The van der Waals surface area contributed by atoms with Crippen LogP contribution in [0.1, 0.15) is 23.4 Å². The summed E-state index contributed by atoms with van der Waals surface area (Å²) in [5.41, 5.74) is 8.43. The maximum Gasteiger partial charge on any atom is 0.142 e. The molecule has 2 heterocycles. The van der Waals surface area contributed by atoms with Crippen molar-refractivity contribution in [2.45, 2.75) is 12.1 Å². The van der Waals surface area contributed by atoms with Gasteiger partial charge in [0.2, 0.25) is 0 Å². The molecule has 3 rings (SSSR count). The van der Waals surface area contributed by atoms with E-state index < -0.39 is 18.0 Å². The Morgan fingerprint density at radius 1 is 0.893 bits per heavy atom. The number of nitrogens with two attached hydrogens (primary N) is 1. The van der Waals surface area contributed by atoms with Crippen molar-refractivity contribution in [2.75, 3.05) is 0 Å². The molecule has 0 saturated heterocycles. The zero-order valence-electron chi connectivity index (χ0n) is 14.1. The highest BCUT2D eigenvalue weighted by Crippen LogP contribution is 2.31. The molecule has 0 amide bonds. The summed E-state index contributed by atoms with van der Waals surface area (Å²) in [4.78, 5) is 8.04. The predicted octanol–water partition coefficient (Wildman–Crippen LogP) is 5.59. The molecule has 0 spiro atoms. The molecule has 0 fully saturated rings. The zero-order valence-corrected chi connectivity index (χ0v) is 18.1. The van der Waals surface area contributed by atoms with Crippen LogP contribution in [-0.4, -0.2) is 15.1 Å². The predicted molar refractivity (Wildman–Crippen MR) is 118 cm³/mol. The Morgan fingerprint density at radius 2 is 1.61 bits per heavy atom. The van der Waals surface area contributed by atoms with Gasteiger partial charge in [-0.3, -0.25) is 9.97 Å². The highest BCUT2D eigenvalue weighted by Gasteiger charge is 2.21. The van der Waals surface area contributed by atoms with Gasteiger partial charge in [0.1, 0.15) is 11.9 Å². The molecule has 0 aliphatic rings. The molecule has 0 radical (unpaired) electrons. The molecule has 2 atom stereocenters. The molecule has 0 aliphatic carbocycles.